The number of ketones is 2. The van der Waals surface area contributed by atoms with Gasteiger partial charge in [0.15, 0.2) is 11.6 Å². The van der Waals surface area contributed by atoms with E-state index in [1.165, 1.54) is 12.3 Å². The fourth-order valence-electron chi connectivity index (χ4n) is 4.56. The van der Waals surface area contributed by atoms with Gasteiger partial charge in [0.1, 0.15) is 0 Å². The molecule has 3 heterocycles. The number of Topliss-reactive ketones (excluding diaryl/α,β-unsaturated/α-hetero) is 1. The van der Waals surface area contributed by atoms with Crippen LogP contribution < -0.4 is 0 Å². The van der Waals surface area contributed by atoms with Crippen molar-refractivity contribution in [3.63, 3.8) is 0 Å². The van der Waals surface area contributed by atoms with Gasteiger partial charge in [0.25, 0.3) is 0 Å². The molecule has 4 atom stereocenters. The van der Waals surface area contributed by atoms with Gasteiger partial charge in [-0.15, -0.1) is 0 Å². The summed E-state index contributed by atoms with van der Waals surface area (Å²) in [5.74, 6) is -1.10. The number of benzene rings is 2. The minimum absolute atomic E-state index is 0.122. The van der Waals surface area contributed by atoms with Crippen molar-refractivity contribution < 1.29 is 28.5 Å². The minimum atomic E-state index is -1.61. The van der Waals surface area contributed by atoms with Gasteiger partial charge in [-0.1, -0.05) is 66.7 Å². The van der Waals surface area contributed by atoms with Crippen LogP contribution >= 0.6 is 0 Å². The van der Waals surface area contributed by atoms with E-state index >= 15 is 0 Å². The van der Waals surface area contributed by atoms with Crippen LogP contribution in [0.15, 0.2) is 85.2 Å². The Bertz CT molecular complexity index is 1000. The Morgan fingerprint density at radius 1 is 0.781 bits per heavy atom. The number of carbonyl (C=O) groups excluding carboxylic acids is 2. The third kappa shape index (κ3) is 3.41. The lowest BCUT2D eigenvalue weighted by Gasteiger charge is -2.55. The molecule has 1 fully saturated rings. The van der Waals surface area contributed by atoms with Gasteiger partial charge in [-0.25, -0.2) is 0 Å². The molecule has 5 rings (SSSR count). The second-order valence-electron chi connectivity index (χ2n) is 8.25. The zero-order valence-electron chi connectivity index (χ0n) is 17.5. The molecule has 6 nitrogen and oxygen atoms in total. The minimum Gasteiger partial charge on any atom is -0.481 e. The van der Waals surface area contributed by atoms with E-state index in [-0.39, 0.29) is 38.0 Å². The largest absolute Gasteiger partial charge is 0.481 e. The van der Waals surface area contributed by atoms with E-state index in [9.17, 15) is 9.59 Å². The molecule has 4 bridgehead atoms. The van der Waals surface area contributed by atoms with Crippen LogP contribution in [0.4, 0.5) is 0 Å². The van der Waals surface area contributed by atoms with Crippen LogP contribution in [0, 0.1) is 5.92 Å². The second kappa shape index (κ2) is 8.47. The first kappa shape index (κ1) is 20.8. The molecule has 0 spiro atoms. The molecule has 3 aliphatic heterocycles. The van der Waals surface area contributed by atoms with Gasteiger partial charge < -0.3 is 18.9 Å². The molecule has 0 unspecified atom stereocenters. The fourth-order valence-corrected chi connectivity index (χ4v) is 4.56. The summed E-state index contributed by atoms with van der Waals surface area (Å²) in [5.41, 5.74) is -1.32. The van der Waals surface area contributed by atoms with E-state index in [4.69, 9.17) is 18.9 Å². The third-order valence-electron chi connectivity index (χ3n) is 6.27. The number of fused-ring (bicyclic) bond motifs is 6. The average molecular weight is 432 g/mol. The van der Waals surface area contributed by atoms with Crippen LogP contribution in [-0.4, -0.2) is 42.1 Å². The summed E-state index contributed by atoms with van der Waals surface area (Å²) in [7, 11) is 0. The van der Waals surface area contributed by atoms with E-state index in [0.29, 0.717) is 0 Å². The molecule has 164 valence electrons. The Hall–Kier alpha value is -3.06. The summed E-state index contributed by atoms with van der Waals surface area (Å²) in [4.78, 5) is 26.8. The molecule has 6 heteroatoms. The molecule has 0 radical (unpaired) electrons. The van der Waals surface area contributed by atoms with Crippen LogP contribution in [0.25, 0.3) is 0 Å². The van der Waals surface area contributed by atoms with Gasteiger partial charge in [0.2, 0.25) is 11.2 Å². The molecule has 0 aromatic heterocycles. The average Bonchev–Trinajstić information content (AvgIpc) is 2.82. The Morgan fingerprint density at radius 3 is 2.00 bits per heavy atom. The molecule has 0 saturated carbocycles. The smallest absolute Gasteiger partial charge is 0.228 e. The Balaban J connectivity index is 1.43. The first-order chi connectivity index (χ1) is 15.6. The SMILES string of the molecule is O=C1[C@H]2C=CO[C@]1(COCc1ccccc1)[C@]1(COCc3ccccc3)O[C@H]2C=CC1=O. The first-order valence-electron chi connectivity index (χ1n) is 10.7. The maximum atomic E-state index is 13.6. The normalized spacial score (nSPS) is 30.2. The maximum Gasteiger partial charge on any atom is 0.228 e. The van der Waals surface area contributed by atoms with Crippen LogP contribution in [0.5, 0.6) is 0 Å². The van der Waals surface area contributed by atoms with Gasteiger partial charge >= 0.3 is 0 Å². The highest BCUT2D eigenvalue weighted by Gasteiger charge is 2.71. The third-order valence-corrected chi connectivity index (χ3v) is 6.27. The Morgan fingerprint density at radius 2 is 1.38 bits per heavy atom. The molecule has 3 aliphatic rings. The number of ether oxygens (including phenoxy) is 4. The van der Waals surface area contributed by atoms with Crippen LogP contribution in [0.3, 0.4) is 0 Å². The standard InChI is InChI=1S/C26H24O6/c27-23-12-11-22-21-13-14-31-26(24(21)28,18-30-16-20-9-5-2-6-10-20)25(23,32-22)17-29-15-19-7-3-1-4-8-19/h1-14,21-22H,15-18H2/t21-,22-,25+,26-/m0/s1. The van der Waals surface area contributed by atoms with E-state index in [0.717, 1.165) is 11.1 Å². The van der Waals surface area contributed by atoms with Crippen molar-refractivity contribution >= 4 is 11.6 Å². The van der Waals surface area contributed by atoms with Gasteiger partial charge in [-0.05, 0) is 23.3 Å². The van der Waals surface area contributed by atoms with Crippen molar-refractivity contribution in [1.82, 2.24) is 0 Å². The summed E-state index contributed by atoms with van der Waals surface area (Å²) >= 11 is 0. The molecule has 32 heavy (non-hydrogen) atoms. The van der Waals surface area contributed by atoms with Crippen LogP contribution in [-0.2, 0) is 41.8 Å². The van der Waals surface area contributed by atoms with E-state index in [2.05, 4.69) is 0 Å². The highest BCUT2D eigenvalue weighted by molar-refractivity contribution is 6.08. The number of rotatable bonds is 8. The van der Waals surface area contributed by atoms with Crippen molar-refractivity contribution in [3.8, 4) is 0 Å². The predicted molar refractivity (Wildman–Crippen MR) is 115 cm³/mol. The zero-order chi connectivity index (χ0) is 22.0. The quantitative estimate of drug-likeness (QED) is 0.638. The highest BCUT2D eigenvalue weighted by atomic mass is 16.6. The molecule has 0 N–H and O–H groups in total. The van der Waals surface area contributed by atoms with Crippen molar-refractivity contribution in [1.29, 1.82) is 0 Å². The molecule has 0 amide bonds. The van der Waals surface area contributed by atoms with Crippen molar-refractivity contribution in [2.45, 2.75) is 30.5 Å². The summed E-state index contributed by atoms with van der Waals surface area (Å²) < 4.78 is 24.1. The molecule has 2 aromatic rings. The van der Waals surface area contributed by atoms with Crippen molar-refractivity contribution in [3.05, 3.63) is 96.3 Å². The summed E-state index contributed by atoms with van der Waals surface area (Å²) in [6, 6.07) is 19.3. The van der Waals surface area contributed by atoms with Crippen molar-refractivity contribution in [2.24, 2.45) is 5.92 Å². The van der Waals surface area contributed by atoms with Gasteiger partial charge in [0.05, 0.1) is 44.7 Å². The van der Waals surface area contributed by atoms with E-state index in [1.807, 2.05) is 60.7 Å². The monoisotopic (exact) mass is 432 g/mol. The second-order valence-corrected chi connectivity index (χ2v) is 8.25. The molecule has 2 aromatic carbocycles. The summed E-state index contributed by atoms with van der Waals surface area (Å²) in [5, 5.41) is 0. The molecule has 1 saturated heterocycles. The number of carbonyl (C=O) groups is 2. The fraction of sp³-hybridized carbons (Fsp3) is 0.308. The first-order valence-corrected chi connectivity index (χ1v) is 10.7. The topological polar surface area (TPSA) is 71.1 Å². The van der Waals surface area contributed by atoms with Crippen LogP contribution in [0.2, 0.25) is 0 Å². The van der Waals surface area contributed by atoms with E-state index in [1.54, 1.807) is 12.2 Å². The van der Waals surface area contributed by atoms with Gasteiger partial charge in [-0.3, -0.25) is 9.59 Å². The Kier molecular flexibility index (Phi) is 5.51. The summed E-state index contributed by atoms with van der Waals surface area (Å²) in [6.07, 6.45) is 5.75. The van der Waals surface area contributed by atoms with Crippen molar-refractivity contribution in [2.75, 3.05) is 13.2 Å². The molecular weight excluding hydrogens is 408 g/mol. The highest BCUT2D eigenvalue weighted by Crippen LogP contribution is 2.47. The van der Waals surface area contributed by atoms with Gasteiger partial charge in [-0.2, -0.15) is 0 Å². The predicted octanol–water partition coefficient (Wildman–Crippen LogP) is 3.16. The Labute approximate surface area is 186 Å². The number of hydrogen-bond donors (Lipinski definition) is 0. The molecular formula is C26H24O6. The maximum absolute atomic E-state index is 13.6. The zero-order valence-corrected chi connectivity index (χ0v) is 17.5. The lowest BCUT2D eigenvalue weighted by Crippen LogP contribution is -2.77. The van der Waals surface area contributed by atoms with E-state index < -0.39 is 23.2 Å². The lowest BCUT2D eigenvalue weighted by molar-refractivity contribution is -0.257. The van der Waals surface area contributed by atoms with Gasteiger partial charge in [0, 0.05) is 0 Å². The lowest BCUT2D eigenvalue weighted by atomic mass is 9.66. The number of hydrogen-bond acceptors (Lipinski definition) is 6. The molecule has 0 aliphatic carbocycles. The van der Waals surface area contributed by atoms with Crippen LogP contribution in [0.1, 0.15) is 11.1 Å². The summed E-state index contributed by atoms with van der Waals surface area (Å²) in [6.45, 7) is 0.315.